The number of anilines is 1. The normalized spacial score (nSPS) is 20.9. The molecule has 70 valence electrons. The third-order valence-electron chi connectivity index (χ3n) is 2.97. The second kappa shape index (κ2) is 3.41. The van der Waals surface area contributed by atoms with Gasteiger partial charge in [0.15, 0.2) is 0 Å². The molecule has 1 aromatic carbocycles. The first-order chi connectivity index (χ1) is 6.29. The highest BCUT2D eigenvalue weighted by Crippen LogP contribution is 2.27. The van der Waals surface area contributed by atoms with E-state index in [2.05, 4.69) is 30.4 Å². The molecule has 0 heterocycles. The summed E-state index contributed by atoms with van der Waals surface area (Å²) in [6, 6.07) is 6.74. The molecule has 0 amide bonds. The number of fused-ring (bicyclic) bond motifs is 1. The third kappa shape index (κ3) is 1.69. The van der Waals surface area contributed by atoms with Gasteiger partial charge < -0.3 is 5.32 Å². The highest BCUT2D eigenvalue weighted by Gasteiger charge is 2.14. The molecule has 1 atom stereocenters. The van der Waals surface area contributed by atoms with Crippen molar-refractivity contribution in [3.63, 3.8) is 0 Å². The molecule has 1 aromatic rings. The first kappa shape index (κ1) is 8.61. The molecule has 0 fully saturated rings. The van der Waals surface area contributed by atoms with Crippen LogP contribution in [0.15, 0.2) is 18.2 Å². The zero-order valence-electron chi connectivity index (χ0n) is 8.43. The molecule has 0 saturated carbocycles. The van der Waals surface area contributed by atoms with Crippen LogP contribution in [0.2, 0.25) is 0 Å². The molecule has 0 spiro atoms. The van der Waals surface area contributed by atoms with Gasteiger partial charge in [-0.15, -0.1) is 0 Å². The maximum Gasteiger partial charge on any atom is 0.0340 e. The molecule has 13 heavy (non-hydrogen) atoms. The lowest BCUT2D eigenvalue weighted by Gasteiger charge is -2.21. The smallest absolute Gasteiger partial charge is 0.0340 e. The van der Waals surface area contributed by atoms with Crippen LogP contribution >= 0.6 is 0 Å². The molecule has 2 rings (SSSR count). The Labute approximate surface area is 80.2 Å². The summed E-state index contributed by atoms with van der Waals surface area (Å²) in [6.07, 6.45) is 3.87. The van der Waals surface area contributed by atoms with Crippen molar-refractivity contribution >= 4 is 5.69 Å². The number of rotatable bonds is 1. The predicted octanol–water partition coefficient (Wildman–Crippen LogP) is 2.85. The Hall–Kier alpha value is -0.980. The Kier molecular flexibility index (Phi) is 2.26. The number of benzene rings is 1. The molecule has 0 aromatic heterocycles. The molecule has 1 nitrogen and oxygen atoms in total. The number of nitrogens with one attached hydrogen (secondary N) is 1. The van der Waals surface area contributed by atoms with Crippen LogP contribution < -0.4 is 5.32 Å². The minimum atomic E-state index is 0.861. The van der Waals surface area contributed by atoms with Crippen LogP contribution in [0.1, 0.15) is 24.5 Å². The topological polar surface area (TPSA) is 12.0 Å². The lowest BCUT2D eigenvalue weighted by Crippen LogP contribution is -2.11. The van der Waals surface area contributed by atoms with E-state index in [1.165, 1.54) is 24.9 Å². The van der Waals surface area contributed by atoms with Crippen LogP contribution in [0.5, 0.6) is 0 Å². The summed E-state index contributed by atoms with van der Waals surface area (Å²) >= 11 is 0. The molecule has 0 radical (unpaired) electrons. The predicted molar refractivity (Wildman–Crippen MR) is 57.2 cm³/mol. The van der Waals surface area contributed by atoms with Crippen molar-refractivity contribution in [2.45, 2.75) is 26.2 Å². The molecule has 0 aliphatic heterocycles. The Morgan fingerprint density at radius 2 is 2.15 bits per heavy atom. The standard InChI is InChI=1S/C12H17N/c1-9-3-4-10-5-6-12(13-2)8-11(10)7-9/h5-6,8-9,13H,3-4,7H2,1-2H3. The first-order valence-electron chi connectivity index (χ1n) is 5.09. The summed E-state index contributed by atoms with van der Waals surface area (Å²) in [5.41, 5.74) is 4.34. The molecule has 0 bridgehead atoms. The Balaban J connectivity index is 2.32. The van der Waals surface area contributed by atoms with Crippen LogP contribution in [0, 0.1) is 5.92 Å². The van der Waals surface area contributed by atoms with Crippen LogP contribution in [-0.2, 0) is 12.8 Å². The van der Waals surface area contributed by atoms with Gasteiger partial charge in [-0.2, -0.15) is 0 Å². The van der Waals surface area contributed by atoms with Gasteiger partial charge in [0, 0.05) is 12.7 Å². The highest BCUT2D eigenvalue weighted by molar-refractivity contribution is 5.49. The summed E-state index contributed by atoms with van der Waals surface area (Å²) in [5.74, 6) is 0.861. The van der Waals surface area contributed by atoms with Crippen molar-refractivity contribution in [1.82, 2.24) is 0 Å². The van der Waals surface area contributed by atoms with E-state index in [-0.39, 0.29) is 0 Å². The minimum absolute atomic E-state index is 0.861. The maximum atomic E-state index is 3.19. The molecular weight excluding hydrogens is 158 g/mol. The number of hydrogen-bond donors (Lipinski definition) is 1. The van der Waals surface area contributed by atoms with E-state index in [1.807, 2.05) is 7.05 Å². The molecule has 1 N–H and O–H groups in total. The lowest BCUT2D eigenvalue weighted by molar-refractivity contribution is 0.501. The van der Waals surface area contributed by atoms with Gasteiger partial charge in [0.1, 0.15) is 0 Å². The van der Waals surface area contributed by atoms with Gasteiger partial charge in [0.05, 0.1) is 0 Å². The van der Waals surface area contributed by atoms with Gasteiger partial charge in [-0.05, 0) is 48.4 Å². The molecule has 0 saturated heterocycles. The van der Waals surface area contributed by atoms with Gasteiger partial charge in [-0.1, -0.05) is 13.0 Å². The largest absolute Gasteiger partial charge is 0.388 e. The fraction of sp³-hybridized carbons (Fsp3) is 0.500. The van der Waals surface area contributed by atoms with E-state index in [4.69, 9.17) is 0 Å². The summed E-state index contributed by atoms with van der Waals surface area (Å²) < 4.78 is 0. The zero-order valence-corrected chi connectivity index (χ0v) is 8.43. The van der Waals surface area contributed by atoms with Crippen molar-refractivity contribution in [3.05, 3.63) is 29.3 Å². The van der Waals surface area contributed by atoms with E-state index in [1.54, 1.807) is 11.1 Å². The monoisotopic (exact) mass is 175 g/mol. The van der Waals surface area contributed by atoms with E-state index in [0.717, 1.165) is 5.92 Å². The van der Waals surface area contributed by atoms with Gasteiger partial charge in [-0.3, -0.25) is 0 Å². The second-order valence-electron chi connectivity index (χ2n) is 4.08. The van der Waals surface area contributed by atoms with Crippen LogP contribution in [0.3, 0.4) is 0 Å². The molecule has 1 aliphatic rings. The molecule has 1 aliphatic carbocycles. The minimum Gasteiger partial charge on any atom is -0.388 e. The Morgan fingerprint density at radius 1 is 1.31 bits per heavy atom. The quantitative estimate of drug-likeness (QED) is 0.692. The van der Waals surface area contributed by atoms with E-state index in [9.17, 15) is 0 Å². The second-order valence-corrected chi connectivity index (χ2v) is 4.08. The van der Waals surface area contributed by atoms with Crippen molar-refractivity contribution < 1.29 is 0 Å². The van der Waals surface area contributed by atoms with Crippen molar-refractivity contribution in [1.29, 1.82) is 0 Å². The highest BCUT2D eigenvalue weighted by atomic mass is 14.8. The summed E-state index contributed by atoms with van der Waals surface area (Å²) in [5, 5.41) is 3.19. The molecular formula is C12H17N. The van der Waals surface area contributed by atoms with E-state index in [0.29, 0.717) is 0 Å². The first-order valence-corrected chi connectivity index (χ1v) is 5.09. The van der Waals surface area contributed by atoms with Crippen molar-refractivity contribution in [2.24, 2.45) is 5.92 Å². The van der Waals surface area contributed by atoms with Gasteiger partial charge in [0.25, 0.3) is 0 Å². The van der Waals surface area contributed by atoms with E-state index < -0.39 is 0 Å². The summed E-state index contributed by atoms with van der Waals surface area (Å²) in [7, 11) is 1.98. The summed E-state index contributed by atoms with van der Waals surface area (Å²) in [4.78, 5) is 0. The van der Waals surface area contributed by atoms with Crippen LogP contribution in [0.25, 0.3) is 0 Å². The van der Waals surface area contributed by atoms with E-state index >= 15 is 0 Å². The zero-order chi connectivity index (χ0) is 9.26. The molecule has 1 heteroatoms. The maximum absolute atomic E-state index is 3.19. The van der Waals surface area contributed by atoms with Crippen LogP contribution in [0.4, 0.5) is 5.69 Å². The number of aryl methyl sites for hydroxylation is 1. The van der Waals surface area contributed by atoms with Gasteiger partial charge in [0.2, 0.25) is 0 Å². The Bertz CT molecular complexity index is 304. The fourth-order valence-corrected chi connectivity index (χ4v) is 2.09. The average Bonchev–Trinajstić information content (AvgIpc) is 2.16. The number of hydrogen-bond acceptors (Lipinski definition) is 1. The molecule has 1 unspecified atom stereocenters. The Morgan fingerprint density at radius 3 is 2.92 bits per heavy atom. The van der Waals surface area contributed by atoms with Crippen molar-refractivity contribution in [3.8, 4) is 0 Å². The van der Waals surface area contributed by atoms with Crippen molar-refractivity contribution in [2.75, 3.05) is 12.4 Å². The fourth-order valence-electron chi connectivity index (χ4n) is 2.09. The lowest BCUT2D eigenvalue weighted by atomic mass is 9.85. The van der Waals surface area contributed by atoms with Gasteiger partial charge in [-0.25, -0.2) is 0 Å². The average molecular weight is 175 g/mol. The van der Waals surface area contributed by atoms with Gasteiger partial charge >= 0.3 is 0 Å². The third-order valence-corrected chi connectivity index (χ3v) is 2.97. The summed E-state index contributed by atoms with van der Waals surface area (Å²) in [6.45, 7) is 2.34. The van der Waals surface area contributed by atoms with Crippen LogP contribution in [-0.4, -0.2) is 7.05 Å². The SMILES string of the molecule is CNc1ccc2c(c1)CC(C)CC2.